The minimum absolute atomic E-state index is 0.0405. The molecule has 0 unspecified atom stereocenters. The Labute approximate surface area is 140 Å². The van der Waals surface area contributed by atoms with Crippen LogP contribution in [0.25, 0.3) is 3.58 Å². The van der Waals surface area contributed by atoms with Crippen LogP contribution in [-0.4, -0.2) is 33.5 Å². The number of aliphatic hydroxyl groups is 1. The van der Waals surface area contributed by atoms with Crippen LogP contribution in [0.4, 0.5) is 4.39 Å². The predicted octanol–water partition coefficient (Wildman–Crippen LogP) is 1.32. The SMILES string of the molecule is O=c1[nH]c(=O)n([C@H]2C[C@H](F)[C@@H](CO)O2)cc1/C(I)=C\I. The molecule has 9 heteroatoms. The summed E-state index contributed by atoms with van der Waals surface area (Å²) in [7, 11) is 0. The van der Waals surface area contributed by atoms with E-state index in [9.17, 15) is 14.0 Å². The smallest absolute Gasteiger partial charge is 0.330 e. The van der Waals surface area contributed by atoms with Crippen LogP contribution in [-0.2, 0) is 4.74 Å². The van der Waals surface area contributed by atoms with Crippen molar-refractivity contribution in [2.45, 2.75) is 24.9 Å². The third-order valence-corrected chi connectivity index (χ3v) is 5.68. The topological polar surface area (TPSA) is 84.3 Å². The van der Waals surface area contributed by atoms with Crippen molar-refractivity contribution in [2.75, 3.05) is 6.61 Å². The summed E-state index contributed by atoms with van der Waals surface area (Å²) in [6, 6.07) is 0. The zero-order valence-corrected chi connectivity index (χ0v) is 14.4. The summed E-state index contributed by atoms with van der Waals surface area (Å²) in [6.45, 7) is -0.451. The Kier molecular flexibility index (Phi) is 5.36. The summed E-state index contributed by atoms with van der Waals surface area (Å²) in [4.78, 5) is 25.7. The van der Waals surface area contributed by atoms with Crippen LogP contribution in [0.1, 0.15) is 18.2 Å². The minimum Gasteiger partial charge on any atom is -0.394 e. The molecule has 0 saturated carbocycles. The molecule has 0 bridgehead atoms. The number of nitrogens with zero attached hydrogens (tertiary/aromatic N) is 1. The highest BCUT2D eigenvalue weighted by Gasteiger charge is 2.36. The average molecular weight is 508 g/mol. The Bertz CT molecular complexity index is 642. The number of aromatic nitrogens is 2. The van der Waals surface area contributed by atoms with Gasteiger partial charge in [-0.2, -0.15) is 0 Å². The zero-order valence-electron chi connectivity index (χ0n) is 10.1. The number of alkyl halides is 1. The maximum absolute atomic E-state index is 13.6. The molecule has 0 aliphatic carbocycles. The number of nitrogens with one attached hydrogen (secondary N) is 1. The van der Waals surface area contributed by atoms with Gasteiger partial charge in [-0.25, -0.2) is 9.18 Å². The predicted molar refractivity (Wildman–Crippen MR) is 87.8 cm³/mol. The lowest BCUT2D eigenvalue weighted by Gasteiger charge is -2.15. The summed E-state index contributed by atoms with van der Waals surface area (Å²) in [6.07, 6.45) is -1.80. The van der Waals surface area contributed by atoms with E-state index in [2.05, 4.69) is 4.98 Å². The lowest BCUT2D eigenvalue weighted by molar-refractivity contribution is -0.0356. The summed E-state index contributed by atoms with van der Waals surface area (Å²) in [5.74, 6) is 0. The van der Waals surface area contributed by atoms with E-state index in [4.69, 9.17) is 9.84 Å². The molecule has 20 heavy (non-hydrogen) atoms. The van der Waals surface area contributed by atoms with Gasteiger partial charge >= 0.3 is 5.69 Å². The van der Waals surface area contributed by atoms with Crippen molar-refractivity contribution < 1.29 is 14.2 Å². The quantitative estimate of drug-likeness (QED) is 0.604. The molecular formula is C11H11FI2N2O4. The Hall–Kier alpha value is -0.270. The van der Waals surface area contributed by atoms with Crippen molar-refractivity contribution in [1.29, 1.82) is 0 Å². The summed E-state index contributed by atoms with van der Waals surface area (Å²) >= 11 is 3.95. The Morgan fingerprint density at radius 1 is 1.65 bits per heavy atom. The Morgan fingerprint density at radius 2 is 2.35 bits per heavy atom. The molecule has 1 saturated heterocycles. The fourth-order valence-electron chi connectivity index (χ4n) is 1.95. The normalized spacial score (nSPS) is 27.0. The molecule has 2 rings (SSSR count). The molecule has 0 radical (unpaired) electrons. The van der Waals surface area contributed by atoms with Gasteiger partial charge in [0.05, 0.1) is 12.2 Å². The van der Waals surface area contributed by atoms with Gasteiger partial charge in [-0.1, -0.05) is 22.6 Å². The highest BCUT2D eigenvalue weighted by atomic mass is 127. The van der Waals surface area contributed by atoms with Crippen molar-refractivity contribution in [3.05, 3.63) is 36.7 Å². The molecule has 2 N–H and O–H groups in total. The molecule has 0 amide bonds. The highest BCUT2D eigenvalue weighted by Crippen LogP contribution is 2.30. The number of ether oxygens (including phenoxy) is 1. The first-order valence-electron chi connectivity index (χ1n) is 5.70. The van der Waals surface area contributed by atoms with Gasteiger partial charge in [-0.05, 0) is 26.7 Å². The van der Waals surface area contributed by atoms with Gasteiger partial charge in [0.1, 0.15) is 18.5 Å². The van der Waals surface area contributed by atoms with Gasteiger partial charge < -0.3 is 9.84 Å². The van der Waals surface area contributed by atoms with Gasteiger partial charge in [0, 0.05) is 16.2 Å². The lowest BCUT2D eigenvalue weighted by Crippen LogP contribution is -2.33. The van der Waals surface area contributed by atoms with Crippen LogP contribution in [0.3, 0.4) is 0 Å². The minimum atomic E-state index is -1.34. The zero-order chi connectivity index (χ0) is 14.9. The second kappa shape index (κ2) is 6.66. The molecule has 1 aliphatic rings. The maximum Gasteiger partial charge on any atom is 0.330 e. The molecule has 110 valence electrons. The fourth-order valence-corrected chi connectivity index (χ4v) is 2.67. The van der Waals surface area contributed by atoms with Gasteiger partial charge in [-0.3, -0.25) is 14.3 Å². The van der Waals surface area contributed by atoms with Gasteiger partial charge in [-0.15, -0.1) is 0 Å². The third-order valence-electron chi connectivity index (χ3n) is 2.97. The number of hydrogen-bond acceptors (Lipinski definition) is 4. The lowest BCUT2D eigenvalue weighted by atomic mass is 10.2. The first kappa shape index (κ1) is 16.1. The number of hydrogen-bond donors (Lipinski definition) is 2. The summed E-state index contributed by atoms with van der Waals surface area (Å²) in [5, 5.41) is 8.97. The number of aliphatic hydroxyl groups excluding tert-OH is 1. The Balaban J connectivity index is 2.43. The van der Waals surface area contributed by atoms with E-state index in [0.29, 0.717) is 9.14 Å². The first-order chi connectivity index (χ1) is 9.47. The van der Waals surface area contributed by atoms with E-state index in [0.717, 1.165) is 4.57 Å². The molecule has 1 aliphatic heterocycles. The molecule has 1 fully saturated rings. The maximum atomic E-state index is 13.6. The largest absolute Gasteiger partial charge is 0.394 e. The van der Waals surface area contributed by atoms with E-state index in [1.807, 2.05) is 45.2 Å². The van der Waals surface area contributed by atoms with Crippen LogP contribution >= 0.6 is 45.2 Å². The van der Waals surface area contributed by atoms with E-state index >= 15 is 0 Å². The molecule has 1 aromatic rings. The van der Waals surface area contributed by atoms with Crippen LogP contribution < -0.4 is 11.2 Å². The molecular weight excluding hydrogens is 497 g/mol. The average Bonchev–Trinajstić information content (AvgIpc) is 2.79. The molecule has 1 aromatic heterocycles. The highest BCUT2D eigenvalue weighted by molar-refractivity contribution is 14.1. The number of aromatic amines is 1. The van der Waals surface area contributed by atoms with Crippen molar-refractivity contribution >= 4 is 48.8 Å². The molecule has 0 aromatic carbocycles. The second-order valence-corrected chi connectivity index (χ2v) is 6.01. The van der Waals surface area contributed by atoms with Crippen molar-refractivity contribution in [3.8, 4) is 0 Å². The van der Waals surface area contributed by atoms with E-state index in [1.54, 1.807) is 4.08 Å². The summed E-state index contributed by atoms with van der Waals surface area (Å²) in [5.41, 5.74) is -0.852. The van der Waals surface area contributed by atoms with Crippen molar-refractivity contribution in [1.82, 2.24) is 9.55 Å². The molecule has 0 spiro atoms. The van der Waals surface area contributed by atoms with E-state index in [1.165, 1.54) is 6.20 Å². The van der Waals surface area contributed by atoms with Crippen LogP contribution in [0.2, 0.25) is 0 Å². The van der Waals surface area contributed by atoms with Crippen molar-refractivity contribution in [2.24, 2.45) is 0 Å². The first-order valence-corrected chi connectivity index (χ1v) is 8.02. The Morgan fingerprint density at radius 3 is 2.90 bits per heavy atom. The van der Waals surface area contributed by atoms with E-state index in [-0.39, 0.29) is 6.42 Å². The number of H-pyrrole nitrogens is 1. The van der Waals surface area contributed by atoms with Gasteiger partial charge in [0.15, 0.2) is 0 Å². The molecule has 3 atom stereocenters. The van der Waals surface area contributed by atoms with E-state index < -0.39 is 36.4 Å². The molecule has 2 heterocycles. The monoisotopic (exact) mass is 508 g/mol. The van der Waals surface area contributed by atoms with Crippen molar-refractivity contribution in [3.63, 3.8) is 0 Å². The van der Waals surface area contributed by atoms with Gasteiger partial charge in [0.25, 0.3) is 5.56 Å². The number of rotatable bonds is 3. The number of halogens is 3. The third kappa shape index (κ3) is 3.14. The van der Waals surface area contributed by atoms with Crippen LogP contribution in [0.5, 0.6) is 0 Å². The van der Waals surface area contributed by atoms with Crippen LogP contribution in [0.15, 0.2) is 19.9 Å². The van der Waals surface area contributed by atoms with Crippen LogP contribution in [0, 0.1) is 0 Å². The molecule has 6 nitrogen and oxygen atoms in total. The standard InChI is InChI=1S/C11H11FI2N2O4/c12-6-1-9(20-8(6)4-17)16-3-5(7(14)2-13)10(18)15-11(16)19/h2-3,6,8-9,17H,1,4H2,(H,15,18,19)/b7-2+/t6-,8+,9+/m0/s1. The summed E-state index contributed by atoms with van der Waals surface area (Å²) < 4.78 is 22.4. The fraction of sp³-hybridized carbons (Fsp3) is 0.455. The second-order valence-electron chi connectivity index (χ2n) is 4.23. The van der Waals surface area contributed by atoms with Gasteiger partial charge in [0.2, 0.25) is 0 Å².